The number of hydrogen-bond acceptors (Lipinski definition) is 4. The van der Waals surface area contributed by atoms with Crippen LogP contribution in [-0.4, -0.2) is 26.2 Å². The van der Waals surface area contributed by atoms with Crippen LogP contribution in [-0.2, 0) is 6.42 Å². The summed E-state index contributed by atoms with van der Waals surface area (Å²) in [7, 11) is 0. The van der Waals surface area contributed by atoms with Crippen molar-refractivity contribution < 1.29 is 9.90 Å². The van der Waals surface area contributed by atoms with Gasteiger partial charge in [-0.25, -0.2) is 4.98 Å². The summed E-state index contributed by atoms with van der Waals surface area (Å²) in [6.07, 6.45) is 3.72. The maximum Gasteiger partial charge on any atom is 0.248 e. The van der Waals surface area contributed by atoms with Crippen LogP contribution in [0, 0.1) is 11.3 Å². The summed E-state index contributed by atoms with van der Waals surface area (Å²) in [5.41, 5.74) is 11.7. The quantitative estimate of drug-likeness (QED) is 0.297. The zero-order chi connectivity index (χ0) is 26.2. The Bertz CT molecular complexity index is 1670. The van der Waals surface area contributed by atoms with Crippen molar-refractivity contribution in [1.82, 2.24) is 9.55 Å². The van der Waals surface area contributed by atoms with Gasteiger partial charge in [-0.3, -0.25) is 4.79 Å². The van der Waals surface area contributed by atoms with Crippen molar-refractivity contribution in [3.63, 3.8) is 0 Å². The third-order valence-electron chi connectivity index (χ3n) is 6.73. The monoisotopic (exact) mass is 488 g/mol. The van der Waals surface area contributed by atoms with E-state index in [2.05, 4.69) is 39.9 Å². The Balaban J connectivity index is 1.70. The fraction of sp³-hybridized carbons (Fsp3) is 0.194. The summed E-state index contributed by atoms with van der Waals surface area (Å²) in [6.45, 7) is 3.58. The van der Waals surface area contributed by atoms with E-state index in [1.165, 1.54) is 0 Å². The third kappa shape index (κ3) is 4.69. The number of aliphatic hydroxyl groups is 1. The number of pyridine rings is 1. The maximum atomic E-state index is 12.2. The Hall–Kier alpha value is -4.47. The van der Waals surface area contributed by atoms with Crippen molar-refractivity contribution in [1.29, 1.82) is 5.26 Å². The van der Waals surface area contributed by atoms with Crippen molar-refractivity contribution in [2.75, 3.05) is 0 Å². The van der Waals surface area contributed by atoms with Crippen molar-refractivity contribution >= 4 is 27.7 Å². The highest BCUT2D eigenvalue weighted by atomic mass is 16.3. The molecule has 0 aliphatic heterocycles. The van der Waals surface area contributed by atoms with Gasteiger partial charge in [-0.1, -0.05) is 30.3 Å². The first kappa shape index (κ1) is 24.2. The first-order valence-electron chi connectivity index (χ1n) is 12.3. The van der Waals surface area contributed by atoms with Gasteiger partial charge in [-0.05, 0) is 86.7 Å². The minimum Gasteiger partial charge on any atom is -0.390 e. The second kappa shape index (κ2) is 9.53. The Morgan fingerprint density at radius 2 is 1.84 bits per heavy atom. The van der Waals surface area contributed by atoms with Crippen LogP contribution < -0.4 is 5.73 Å². The van der Waals surface area contributed by atoms with Crippen molar-refractivity contribution in [3.05, 3.63) is 95.8 Å². The number of fused-ring (bicyclic) bond motifs is 3. The molecule has 0 unspecified atom stereocenters. The minimum atomic E-state index is -0.770. The highest BCUT2D eigenvalue weighted by Gasteiger charge is 2.18. The molecular formula is C31H28N4O2. The van der Waals surface area contributed by atoms with Crippen LogP contribution in [0.4, 0.5) is 0 Å². The molecule has 184 valence electrons. The number of primary amides is 1. The van der Waals surface area contributed by atoms with Crippen LogP contribution in [0.5, 0.6) is 0 Å². The first-order chi connectivity index (χ1) is 17.8. The smallest absolute Gasteiger partial charge is 0.248 e. The molecule has 0 fully saturated rings. The SMILES string of the molecule is CC(C)(O)CCCc1cc(-n2c3ccccc3c3c(-c4ccc(C#N)nc4)cccc32)ccc1C(N)=O. The summed E-state index contributed by atoms with van der Waals surface area (Å²) in [5.74, 6) is -0.456. The van der Waals surface area contributed by atoms with Crippen LogP contribution in [0.15, 0.2) is 79.0 Å². The standard InChI is InChI=1S/C31H28N4O2/c1-31(2,37)16-6-7-20-17-23(14-15-25(20)30(33)36)35-27-10-4-3-8-26(27)29-24(9-5-11-28(29)35)21-12-13-22(18-32)34-19-21/h3-5,8-15,17,19,37H,6-7,16H2,1-2H3,(H2,33,36). The highest BCUT2D eigenvalue weighted by Crippen LogP contribution is 2.38. The van der Waals surface area contributed by atoms with Crippen LogP contribution >= 0.6 is 0 Å². The topological polar surface area (TPSA) is 105 Å². The molecule has 0 saturated carbocycles. The lowest BCUT2D eigenvalue weighted by molar-refractivity contribution is 0.0689. The molecule has 0 saturated heterocycles. The van der Waals surface area contributed by atoms with Gasteiger partial charge in [0.2, 0.25) is 5.91 Å². The molecule has 2 aromatic heterocycles. The number of aromatic nitrogens is 2. The lowest BCUT2D eigenvalue weighted by Gasteiger charge is -2.17. The number of nitriles is 1. The Morgan fingerprint density at radius 1 is 1.05 bits per heavy atom. The number of rotatable bonds is 7. The van der Waals surface area contributed by atoms with Crippen molar-refractivity contribution in [2.45, 2.75) is 38.7 Å². The van der Waals surface area contributed by atoms with E-state index in [1.807, 2.05) is 36.4 Å². The fourth-order valence-electron chi connectivity index (χ4n) is 5.04. The van der Waals surface area contributed by atoms with Gasteiger partial charge < -0.3 is 15.4 Å². The molecule has 1 amide bonds. The zero-order valence-corrected chi connectivity index (χ0v) is 20.9. The summed E-state index contributed by atoms with van der Waals surface area (Å²) < 4.78 is 2.20. The number of nitrogens with two attached hydrogens (primary N) is 1. The summed E-state index contributed by atoms with van der Waals surface area (Å²) in [4.78, 5) is 16.5. The van der Waals surface area contributed by atoms with Gasteiger partial charge in [-0.15, -0.1) is 0 Å². The van der Waals surface area contributed by atoms with E-state index in [0.717, 1.165) is 50.6 Å². The van der Waals surface area contributed by atoms with E-state index in [9.17, 15) is 9.90 Å². The summed E-state index contributed by atoms with van der Waals surface area (Å²) in [6, 6.07) is 25.9. The van der Waals surface area contributed by atoms with Crippen molar-refractivity contribution in [3.8, 4) is 22.9 Å². The molecular weight excluding hydrogens is 460 g/mol. The summed E-state index contributed by atoms with van der Waals surface area (Å²) >= 11 is 0. The van der Waals surface area contributed by atoms with Crippen LogP contribution in [0.2, 0.25) is 0 Å². The van der Waals surface area contributed by atoms with Gasteiger partial charge in [0, 0.05) is 33.8 Å². The van der Waals surface area contributed by atoms with Gasteiger partial charge in [0.25, 0.3) is 0 Å². The highest BCUT2D eigenvalue weighted by molar-refractivity contribution is 6.15. The largest absolute Gasteiger partial charge is 0.390 e. The predicted octanol–water partition coefficient (Wildman–Crippen LogP) is 5.91. The predicted molar refractivity (Wildman–Crippen MR) is 146 cm³/mol. The van der Waals surface area contributed by atoms with Gasteiger partial charge in [0.1, 0.15) is 11.8 Å². The van der Waals surface area contributed by atoms with Crippen molar-refractivity contribution in [2.24, 2.45) is 5.73 Å². The molecule has 2 heterocycles. The Morgan fingerprint density at radius 3 is 2.54 bits per heavy atom. The average molecular weight is 489 g/mol. The third-order valence-corrected chi connectivity index (χ3v) is 6.73. The van der Waals surface area contributed by atoms with E-state index in [1.54, 1.807) is 32.2 Å². The second-order valence-corrected chi connectivity index (χ2v) is 9.97. The van der Waals surface area contributed by atoms with Crippen LogP contribution in [0.3, 0.4) is 0 Å². The number of benzene rings is 3. The lowest BCUT2D eigenvalue weighted by atomic mass is 9.96. The number of carbonyl (C=O) groups excluding carboxylic acids is 1. The molecule has 5 aromatic rings. The van der Waals surface area contributed by atoms with E-state index in [0.29, 0.717) is 24.1 Å². The van der Waals surface area contributed by atoms with Gasteiger partial charge in [-0.2, -0.15) is 5.26 Å². The molecule has 0 bridgehead atoms. The number of amides is 1. The Kier molecular flexibility index (Phi) is 6.24. The average Bonchev–Trinajstić information content (AvgIpc) is 3.22. The second-order valence-electron chi connectivity index (χ2n) is 9.97. The number of nitrogens with zero attached hydrogens (tertiary/aromatic N) is 3. The molecule has 0 atom stereocenters. The number of hydrogen-bond donors (Lipinski definition) is 2. The molecule has 3 N–H and O–H groups in total. The molecule has 5 rings (SSSR count). The molecule has 6 nitrogen and oxygen atoms in total. The van der Waals surface area contributed by atoms with Gasteiger partial charge >= 0.3 is 0 Å². The molecule has 0 aliphatic rings. The van der Waals surface area contributed by atoms with Crippen LogP contribution in [0.25, 0.3) is 38.6 Å². The lowest BCUT2D eigenvalue weighted by Crippen LogP contribution is -2.19. The summed E-state index contributed by atoms with van der Waals surface area (Å²) in [5, 5.41) is 21.5. The molecule has 0 radical (unpaired) electrons. The molecule has 37 heavy (non-hydrogen) atoms. The fourth-order valence-corrected chi connectivity index (χ4v) is 5.04. The normalized spacial score (nSPS) is 11.6. The van der Waals surface area contributed by atoms with E-state index < -0.39 is 11.5 Å². The number of aryl methyl sites for hydroxylation is 1. The Labute approximate surface area is 215 Å². The molecule has 0 spiro atoms. The van der Waals surface area contributed by atoms with E-state index >= 15 is 0 Å². The molecule has 6 heteroatoms. The minimum absolute atomic E-state index is 0.380. The van der Waals surface area contributed by atoms with E-state index in [4.69, 9.17) is 11.0 Å². The number of para-hydroxylation sites is 1. The van der Waals surface area contributed by atoms with Crippen LogP contribution in [0.1, 0.15) is 48.3 Å². The van der Waals surface area contributed by atoms with E-state index in [-0.39, 0.29) is 0 Å². The van der Waals surface area contributed by atoms with Gasteiger partial charge in [0.05, 0.1) is 16.6 Å². The molecule has 0 aliphatic carbocycles. The maximum absolute atomic E-state index is 12.2. The molecule has 3 aromatic carbocycles. The zero-order valence-electron chi connectivity index (χ0n) is 20.9. The van der Waals surface area contributed by atoms with Gasteiger partial charge in [0.15, 0.2) is 0 Å². The first-order valence-corrected chi connectivity index (χ1v) is 12.3. The number of carbonyl (C=O) groups is 1.